The fourth-order valence-corrected chi connectivity index (χ4v) is 3.87. The van der Waals surface area contributed by atoms with Crippen LogP contribution in [0, 0.1) is 6.92 Å². The largest absolute Gasteiger partial charge is 0.357 e. The van der Waals surface area contributed by atoms with Crippen molar-refractivity contribution in [3.8, 4) is 11.1 Å². The Bertz CT molecular complexity index is 1480. The molecule has 9 nitrogen and oxygen atoms in total. The van der Waals surface area contributed by atoms with E-state index in [0.29, 0.717) is 17.7 Å². The predicted octanol–water partition coefficient (Wildman–Crippen LogP) is 4.94. The minimum absolute atomic E-state index is 0.262. The average molecular weight is 452 g/mol. The van der Waals surface area contributed by atoms with Crippen molar-refractivity contribution in [2.45, 2.75) is 26.8 Å². The number of nitrogens with zero attached hydrogens (tertiary/aromatic N) is 6. The van der Waals surface area contributed by atoms with Crippen molar-refractivity contribution in [3.63, 3.8) is 0 Å². The Hall–Kier alpha value is -4.40. The number of fused-ring (bicyclic) bond motifs is 2. The van der Waals surface area contributed by atoms with E-state index >= 15 is 0 Å². The molecule has 0 atom stereocenters. The number of aromatic nitrogens is 6. The lowest BCUT2D eigenvalue weighted by Crippen LogP contribution is -2.12. The van der Waals surface area contributed by atoms with Crippen molar-refractivity contribution in [2.75, 3.05) is 23.0 Å². The molecule has 0 aliphatic carbocycles. The normalized spacial score (nSPS) is 11.2. The maximum absolute atomic E-state index is 4.64. The van der Waals surface area contributed by atoms with Gasteiger partial charge in [0.1, 0.15) is 12.1 Å². The summed E-state index contributed by atoms with van der Waals surface area (Å²) in [6, 6.07) is 10.6. The van der Waals surface area contributed by atoms with Crippen LogP contribution in [-0.2, 0) is 0 Å². The van der Waals surface area contributed by atoms with Crippen LogP contribution in [0.1, 0.15) is 19.4 Å². The molecule has 0 saturated heterocycles. The van der Waals surface area contributed by atoms with Crippen LogP contribution < -0.4 is 16.0 Å². The van der Waals surface area contributed by atoms with Gasteiger partial charge in [0, 0.05) is 35.6 Å². The Kier molecular flexibility index (Phi) is 5.59. The molecule has 0 saturated carbocycles. The molecule has 5 rings (SSSR count). The van der Waals surface area contributed by atoms with E-state index < -0.39 is 0 Å². The van der Waals surface area contributed by atoms with Crippen molar-refractivity contribution in [1.29, 1.82) is 0 Å². The van der Waals surface area contributed by atoms with Gasteiger partial charge in [0.2, 0.25) is 11.9 Å². The summed E-state index contributed by atoms with van der Waals surface area (Å²) in [5.74, 6) is 1.89. The number of nitrogens with one attached hydrogen (secondary N) is 3. The first-order valence-corrected chi connectivity index (χ1v) is 11.1. The van der Waals surface area contributed by atoms with Gasteiger partial charge < -0.3 is 16.0 Å². The highest BCUT2D eigenvalue weighted by molar-refractivity contribution is 6.02. The van der Waals surface area contributed by atoms with E-state index in [4.69, 9.17) is 0 Å². The third kappa shape index (κ3) is 4.15. The molecule has 0 aliphatic rings. The summed E-state index contributed by atoms with van der Waals surface area (Å²) in [6.07, 6.45) is 6.89. The molecule has 34 heavy (non-hydrogen) atoms. The van der Waals surface area contributed by atoms with Gasteiger partial charge >= 0.3 is 0 Å². The minimum Gasteiger partial charge on any atom is -0.357 e. The first kappa shape index (κ1) is 21.4. The van der Waals surface area contributed by atoms with Crippen LogP contribution in [0.5, 0.6) is 0 Å². The third-order valence-electron chi connectivity index (χ3n) is 5.44. The van der Waals surface area contributed by atoms with E-state index in [2.05, 4.69) is 71.0 Å². The topological polar surface area (TPSA) is 113 Å². The standard InChI is InChI=1S/C25H25N9/c1-14(2)32-25-28-11-18(12-29-25)33-23-19-7-5-15(3)21(22(19)30-13-31-23)16-6-8-20-17(9-16)10-27-24(26-4)34-20/h5-14H,1-4H3,(H,26,27,34)(H,28,29,32)(H,30,31,33). The lowest BCUT2D eigenvalue weighted by atomic mass is 9.96. The number of rotatable bonds is 6. The molecule has 9 heteroatoms. The quantitative estimate of drug-likeness (QED) is 0.330. The molecule has 3 aromatic heterocycles. The van der Waals surface area contributed by atoms with Gasteiger partial charge in [0.15, 0.2) is 0 Å². The average Bonchev–Trinajstić information content (AvgIpc) is 2.84. The zero-order valence-corrected chi connectivity index (χ0v) is 19.5. The summed E-state index contributed by atoms with van der Waals surface area (Å²) in [5.41, 5.74) is 5.72. The third-order valence-corrected chi connectivity index (χ3v) is 5.44. The molecule has 2 aromatic carbocycles. The van der Waals surface area contributed by atoms with Gasteiger partial charge in [-0.15, -0.1) is 0 Å². The van der Waals surface area contributed by atoms with Gasteiger partial charge in [-0.05, 0) is 50.1 Å². The molecule has 5 aromatic rings. The highest BCUT2D eigenvalue weighted by atomic mass is 15.1. The van der Waals surface area contributed by atoms with Crippen LogP contribution in [0.15, 0.2) is 55.2 Å². The highest BCUT2D eigenvalue weighted by Crippen LogP contribution is 2.35. The van der Waals surface area contributed by atoms with Crippen molar-refractivity contribution < 1.29 is 0 Å². The summed E-state index contributed by atoms with van der Waals surface area (Å²) in [5, 5.41) is 11.4. The second-order valence-corrected chi connectivity index (χ2v) is 8.31. The predicted molar refractivity (Wildman–Crippen MR) is 136 cm³/mol. The van der Waals surface area contributed by atoms with E-state index in [0.717, 1.165) is 44.2 Å². The van der Waals surface area contributed by atoms with E-state index in [-0.39, 0.29) is 6.04 Å². The summed E-state index contributed by atoms with van der Waals surface area (Å²) in [7, 11) is 1.81. The van der Waals surface area contributed by atoms with E-state index in [1.54, 1.807) is 18.7 Å². The van der Waals surface area contributed by atoms with Gasteiger partial charge in [-0.3, -0.25) is 0 Å². The molecular formula is C25H25N9. The van der Waals surface area contributed by atoms with Gasteiger partial charge in [0.25, 0.3) is 0 Å². The van der Waals surface area contributed by atoms with Crippen LogP contribution in [0.4, 0.5) is 23.4 Å². The monoisotopic (exact) mass is 451 g/mol. The lowest BCUT2D eigenvalue weighted by Gasteiger charge is -2.14. The SMILES string of the molecule is CNc1ncc2cc(-c3c(C)ccc4c(Nc5cnc(NC(C)C)nc5)ncnc34)ccc2n1. The van der Waals surface area contributed by atoms with Crippen LogP contribution in [-0.4, -0.2) is 43.0 Å². The van der Waals surface area contributed by atoms with Crippen LogP contribution in [0.3, 0.4) is 0 Å². The molecule has 0 amide bonds. The van der Waals surface area contributed by atoms with Crippen molar-refractivity contribution in [1.82, 2.24) is 29.9 Å². The molecule has 0 spiro atoms. The number of benzene rings is 2. The van der Waals surface area contributed by atoms with Crippen molar-refractivity contribution in [3.05, 3.63) is 60.8 Å². The van der Waals surface area contributed by atoms with Gasteiger partial charge in [-0.2, -0.15) is 0 Å². The molecule has 0 radical (unpaired) electrons. The number of hydrogen-bond donors (Lipinski definition) is 3. The molecule has 3 N–H and O–H groups in total. The smallest absolute Gasteiger partial charge is 0.222 e. The summed E-state index contributed by atoms with van der Waals surface area (Å²) in [6.45, 7) is 6.18. The van der Waals surface area contributed by atoms with E-state index in [1.165, 1.54) is 0 Å². The molecule has 0 aliphatic heterocycles. The number of anilines is 4. The fraction of sp³-hybridized carbons (Fsp3) is 0.200. The zero-order chi connectivity index (χ0) is 23.7. The highest BCUT2D eigenvalue weighted by Gasteiger charge is 2.14. The molecule has 0 fully saturated rings. The van der Waals surface area contributed by atoms with Gasteiger partial charge in [-0.25, -0.2) is 29.9 Å². The molecule has 3 heterocycles. The first-order valence-electron chi connectivity index (χ1n) is 11.1. The first-order chi connectivity index (χ1) is 16.5. The Morgan fingerprint density at radius 1 is 0.853 bits per heavy atom. The number of hydrogen-bond acceptors (Lipinski definition) is 9. The second-order valence-electron chi connectivity index (χ2n) is 8.31. The maximum Gasteiger partial charge on any atom is 0.222 e. The van der Waals surface area contributed by atoms with E-state index in [9.17, 15) is 0 Å². The molecule has 0 unspecified atom stereocenters. The zero-order valence-electron chi connectivity index (χ0n) is 19.5. The van der Waals surface area contributed by atoms with Gasteiger partial charge in [-0.1, -0.05) is 12.1 Å². The van der Waals surface area contributed by atoms with Crippen LogP contribution in [0.2, 0.25) is 0 Å². The molecule has 170 valence electrons. The van der Waals surface area contributed by atoms with Crippen molar-refractivity contribution >= 4 is 45.2 Å². The van der Waals surface area contributed by atoms with Crippen LogP contribution in [0.25, 0.3) is 32.9 Å². The maximum atomic E-state index is 4.64. The fourth-order valence-electron chi connectivity index (χ4n) is 3.87. The molecular weight excluding hydrogens is 426 g/mol. The summed E-state index contributed by atoms with van der Waals surface area (Å²) in [4.78, 5) is 26.7. The Morgan fingerprint density at radius 2 is 1.65 bits per heavy atom. The Labute approximate surface area is 197 Å². The second kappa shape index (κ2) is 8.86. The summed E-state index contributed by atoms with van der Waals surface area (Å²) < 4.78 is 0. The van der Waals surface area contributed by atoms with E-state index in [1.807, 2.05) is 39.2 Å². The Morgan fingerprint density at radius 3 is 2.41 bits per heavy atom. The van der Waals surface area contributed by atoms with Gasteiger partial charge in [0.05, 0.1) is 29.1 Å². The summed E-state index contributed by atoms with van der Waals surface area (Å²) >= 11 is 0. The Balaban J connectivity index is 1.55. The minimum atomic E-state index is 0.262. The lowest BCUT2D eigenvalue weighted by molar-refractivity contribution is 0.874. The number of aryl methyl sites for hydroxylation is 1. The van der Waals surface area contributed by atoms with Crippen molar-refractivity contribution in [2.24, 2.45) is 0 Å². The molecule has 0 bridgehead atoms. The van der Waals surface area contributed by atoms with Crippen LogP contribution >= 0.6 is 0 Å².